The second-order valence-electron chi connectivity index (χ2n) is 3.71. The molecule has 3 heteroatoms. The van der Waals surface area contributed by atoms with E-state index in [4.69, 9.17) is 0 Å². The minimum atomic E-state index is -0.718. The molecule has 0 bridgehead atoms. The van der Waals surface area contributed by atoms with Crippen molar-refractivity contribution in [2.45, 2.75) is 33.3 Å². The summed E-state index contributed by atoms with van der Waals surface area (Å²) >= 11 is 0. The Morgan fingerprint density at radius 2 is 2.07 bits per heavy atom. The molecule has 0 aliphatic carbocycles. The summed E-state index contributed by atoms with van der Waals surface area (Å²) in [5, 5.41) is 19.4. The van der Waals surface area contributed by atoms with Crippen LogP contribution in [0.2, 0.25) is 0 Å². The van der Waals surface area contributed by atoms with Gasteiger partial charge in [0.25, 0.3) is 0 Å². The van der Waals surface area contributed by atoms with Gasteiger partial charge >= 0.3 is 0 Å². The molecule has 0 fully saturated rings. The number of aliphatic hydroxyl groups is 1. The summed E-state index contributed by atoms with van der Waals surface area (Å²) < 4.78 is 0. The monoisotopic (exact) mass is 208 g/mol. The smallest absolute Gasteiger partial charge is 0.150 e. The number of hydrogen-bond donors (Lipinski definition) is 2. The molecule has 1 aromatic rings. The van der Waals surface area contributed by atoms with Crippen molar-refractivity contribution in [3.63, 3.8) is 0 Å². The molecular formula is C12H16O3. The van der Waals surface area contributed by atoms with Crippen LogP contribution in [0.15, 0.2) is 6.07 Å². The SMILES string of the molecule is CCC(O)c1c(O)cc(C)c(C=O)c1C. The highest BCUT2D eigenvalue weighted by atomic mass is 16.3. The molecular weight excluding hydrogens is 192 g/mol. The summed E-state index contributed by atoms with van der Waals surface area (Å²) in [7, 11) is 0. The molecule has 3 nitrogen and oxygen atoms in total. The van der Waals surface area contributed by atoms with Gasteiger partial charge in [0.15, 0.2) is 6.29 Å². The van der Waals surface area contributed by atoms with Gasteiger partial charge in [-0.2, -0.15) is 0 Å². The highest BCUT2D eigenvalue weighted by Crippen LogP contribution is 2.32. The van der Waals surface area contributed by atoms with E-state index < -0.39 is 6.10 Å². The van der Waals surface area contributed by atoms with Gasteiger partial charge in [0, 0.05) is 11.1 Å². The molecule has 0 radical (unpaired) electrons. The van der Waals surface area contributed by atoms with Crippen molar-refractivity contribution >= 4 is 6.29 Å². The quantitative estimate of drug-likeness (QED) is 0.749. The molecule has 0 aromatic heterocycles. The highest BCUT2D eigenvalue weighted by Gasteiger charge is 2.17. The van der Waals surface area contributed by atoms with Crippen LogP contribution in [0.4, 0.5) is 0 Å². The third-order valence-electron chi connectivity index (χ3n) is 2.70. The lowest BCUT2D eigenvalue weighted by atomic mass is 9.93. The fourth-order valence-corrected chi connectivity index (χ4v) is 1.80. The lowest BCUT2D eigenvalue weighted by Gasteiger charge is -2.16. The normalized spacial score (nSPS) is 12.5. The van der Waals surface area contributed by atoms with Crippen LogP contribution in [-0.4, -0.2) is 16.5 Å². The Hall–Kier alpha value is -1.35. The number of rotatable bonds is 3. The van der Waals surface area contributed by atoms with Gasteiger partial charge in [-0.15, -0.1) is 0 Å². The van der Waals surface area contributed by atoms with Crippen LogP contribution in [-0.2, 0) is 0 Å². The van der Waals surface area contributed by atoms with E-state index in [9.17, 15) is 15.0 Å². The fourth-order valence-electron chi connectivity index (χ4n) is 1.80. The number of benzene rings is 1. The maximum atomic E-state index is 10.9. The number of hydrogen-bond acceptors (Lipinski definition) is 3. The molecule has 1 unspecified atom stereocenters. The Kier molecular flexibility index (Phi) is 3.48. The molecule has 1 rings (SSSR count). The topological polar surface area (TPSA) is 57.5 Å². The Morgan fingerprint density at radius 1 is 1.47 bits per heavy atom. The molecule has 0 spiro atoms. The maximum Gasteiger partial charge on any atom is 0.150 e. The number of phenolic OH excluding ortho intramolecular Hbond substituents is 1. The molecule has 0 saturated carbocycles. The van der Waals surface area contributed by atoms with Crippen molar-refractivity contribution in [2.24, 2.45) is 0 Å². The van der Waals surface area contributed by atoms with Crippen molar-refractivity contribution in [3.05, 3.63) is 28.3 Å². The Labute approximate surface area is 89.4 Å². The third-order valence-corrected chi connectivity index (χ3v) is 2.70. The van der Waals surface area contributed by atoms with Crippen LogP contribution in [0, 0.1) is 13.8 Å². The van der Waals surface area contributed by atoms with E-state index in [1.54, 1.807) is 13.8 Å². The number of aldehydes is 1. The predicted molar refractivity (Wildman–Crippen MR) is 58.2 cm³/mol. The van der Waals surface area contributed by atoms with Crippen molar-refractivity contribution < 1.29 is 15.0 Å². The van der Waals surface area contributed by atoms with E-state index in [1.165, 1.54) is 6.07 Å². The predicted octanol–water partition coefficient (Wildman–Crippen LogP) is 2.26. The Balaban J connectivity index is 3.45. The number of carbonyl (C=O) groups is 1. The molecule has 82 valence electrons. The highest BCUT2D eigenvalue weighted by molar-refractivity contribution is 5.81. The molecule has 0 amide bonds. The molecule has 0 aliphatic rings. The number of carbonyl (C=O) groups excluding carboxylic acids is 1. The van der Waals surface area contributed by atoms with Crippen molar-refractivity contribution in [3.8, 4) is 5.75 Å². The first kappa shape index (κ1) is 11.7. The average Bonchev–Trinajstić information content (AvgIpc) is 2.17. The van der Waals surface area contributed by atoms with Crippen molar-refractivity contribution in [1.29, 1.82) is 0 Å². The van der Waals surface area contributed by atoms with E-state index >= 15 is 0 Å². The fraction of sp³-hybridized carbons (Fsp3) is 0.417. The van der Waals surface area contributed by atoms with Gasteiger partial charge in [-0.1, -0.05) is 6.92 Å². The first-order valence-corrected chi connectivity index (χ1v) is 4.99. The lowest BCUT2D eigenvalue weighted by Crippen LogP contribution is -2.03. The summed E-state index contributed by atoms with van der Waals surface area (Å²) in [4.78, 5) is 10.9. The summed E-state index contributed by atoms with van der Waals surface area (Å²) in [5.74, 6) is 0.0601. The molecule has 1 atom stereocenters. The largest absolute Gasteiger partial charge is 0.508 e. The van der Waals surface area contributed by atoms with Gasteiger partial charge in [0.2, 0.25) is 0 Å². The summed E-state index contributed by atoms with van der Waals surface area (Å²) in [6.07, 6.45) is 0.551. The first-order chi connectivity index (χ1) is 7.02. The molecule has 1 aromatic carbocycles. The van der Waals surface area contributed by atoms with Gasteiger partial charge < -0.3 is 10.2 Å². The van der Waals surface area contributed by atoms with E-state index in [-0.39, 0.29) is 5.75 Å². The Bertz CT molecular complexity index is 383. The van der Waals surface area contributed by atoms with Crippen LogP contribution in [0.25, 0.3) is 0 Å². The van der Waals surface area contributed by atoms with Gasteiger partial charge in [-0.05, 0) is 37.5 Å². The zero-order valence-corrected chi connectivity index (χ0v) is 9.24. The maximum absolute atomic E-state index is 10.9. The van der Waals surface area contributed by atoms with Gasteiger partial charge in [-0.3, -0.25) is 4.79 Å². The second kappa shape index (κ2) is 4.45. The number of phenols is 1. The first-order valence-electron chi connectivity index (χ1n) is 4.99. The van der Waals surface area contributed by atoms with Crippen LogP contribution in [0.5, 0.6) is 5.75 Å². The molecule has 0 saturated heterocycles. The van der Waals surface area contributed by atoms with E-state index in [2.05, 4.69) is 0 Å². The number of aryl methyl sites for hydroxylation is 1. The number of aliphatic hydroxyl groups excluding tert-OH is 1. The zero-order chi connectivity index (χ0) is 11.6. The van der Waals surface area contributed by atoms with E-state index in [0.29, 0.717) is 23.1 Å². The molecule has 0 heterocycles. The van der Waals surface area contributed by atoms with Crippen LogP contribution in [0.1, 0.15) is 46.5 Å². The summed E-state index contributed by atoms with van der Waals surface area (Å²) in [6.45, 7) is 5.33. The number of aromatic hydroxyl groups is 1. The summed E-state index contributed by atoms with van der Waals surface area (Å²) in [5.41, 5.74) is 2.41. The van der Waals surface area contributed by atoms with Gasteiger partial charge in [-0.25, -0.2) is 0 Å². The standard InChI is InChI=1S/C12H16O3/c1-4-10(14)12-8(3)9(6-13)7(2)5-11(12)15/h5-6,10,14-15H,4H2,1-3H3. The minimum absolute atomic E-state index is 0.0601. The zero-order valence-electron chi connectivity index (χ0n) is 9.24. The van der Waals surface area contributed by atoms with E-state index in [1.807, 2.05) is 6.92 Å². The lowest BCUT2D eigenvalue weighted by molar-refractivity contribution is 0.112. The second-order valence-corrected chi connectivity index (χ2v) is 3.71. The van der Waals surface area contributed by atoms with Gasteiger partial charge in [0.05, 0.1) is 6.10 Å². The average molecular weight is 208 g/mol. The minimum Gasteiger partial charge on any atom is -0.508 e. The molecule has 15 heavy (non-hydrogen) atoms. The van der Waals surface area contributed by atoms with E-state index in [0.717, 1.165) is 11.8 Å². The Morgan fingerprint density at radius 3 is 2.53 bits per heavy atom. The van der Waals surface area contributed by atoms with Crippen LogP contribution >= 0.6 is 0 Å². The van der Waals surface area contributed by atoms with Crippen molar-refractivity contribution in [2.75, 3.05) is 0 Å². The molecule has 0 aliphatic heterocycles. The summed E-state index contributed by atoms with van der Waals surface area (Å²) in [6, 6.07) is 1.52. The van der Waals surface area contributed by atoms with Crippen molar-refractivity contribution in [1.82, 2.24) is 0 Å². The third kappa shape index (κ3) is 2.02. The van der Waals surface area contributed by atoms with Gasteiger partial charge in [0.1, 0.15) is 5.75 Å². The molecule has 2 N–H and O–H groups in total. The van der Waals surface area contributed by atoms with Crippen LogP contribution in [0.3, 0.4) is 0 Å². The van der Waals surface area contributed by atoms with Crippen LogP contribution < -0.4 is 0 Å².